The van der Waals surface area contributed by atoms with Crippen LogP contribution in [0.4, 0.5) is 0 Å². The molecular weight excluding hydrogens is 296 g/mol. The number of aliphatic carboxylic acids is 1. The summed E-state index contributed by atoms with van der Waals surface area (Å²) in [5, 5.41) is 18.1. The van der Waals surface area contributed by atoms with Crippen LogP contribution < -0.4 is 0 Å². The van der Waals surface area contributed by atoms with E-state index in [1.165, 1.54) is 6.08 Å². The number of aliphatic hydroxyl groups excluding tert-OH is 1. The maximum absolute atomic E-state index is 12.3. The predicted octanol–water partition coefficient (Wildman–Crippen LogP) is 2.81. The van der Waals surface area contributed by atoms with Crippen molar-refractivity contribution in [3.05, 3.63) is 23.5 Å². The Morgan fingerprint density at radius 2 is 1.91 bits per heavy atom. The number of carbonyl (C=O) groups excluding carboxylic acids is 2. The molecule has 0 amide bonds. The minimum atomic E-state index is -1.40. The minimum Gasteiger partial charge on any atom is -0.502 e. The molecule has 4 unspecified atom stereocenters. The molecule has 23 heavy (non-hydrogen) atoms. The Morgan fingerprint density at radius 3 is 2.61 bits per heavy atom. The van der Waals surface area contributed by atoms with Crippen LogP contribution in [0.5, 0.6) is 0 Å². The zero-order valence-corrected chi connectivity index (χ0v) is 13.2. The number of carboxylic acids is 1. The summed E-state index contributed by atoms with van der Waals surface area (Å²) in [5.74, 6) is -1.06. The van der Waals surface area contributed by atoms with Crippen LogP contribution in [-0.2, 0) is 14.4 Å². The van der Waals surface area contributed by atoms with E-state index in [1.807, 2.05) is 0 Å². The van der Waals surface area contributed by atoms with Crippen LogP contribution >= 0.6 is 0 Å². The Labute approximate surface area is 135 Å². The first-order valence-electron chi connectivity index (χ1n) is 8.25. The monoisotopic (exact) mass is 318 g/mol. The Kier molecular flexibility index (Phi) is 3.90. The molecular formula is C18H22O5. The van der Waals surface area contributed by atoms with Crippen molar-refractivity contribution in [2.24, 2.45) is 23.2 Å². The molecule has 0 radical (unpaired) electrons. The molecule has 3 fully saturated rings. The van der Waals surface area contributed by atoms with Gasteiger partial charge < -0.3 is 10.2 Å². The number of hydrogen-bond acceptors (Lipinski definition) is 4. The van der Waals surface area contributed by atoms with Crippen LogP contribution in [0.25, 0.3) is 0 Å². The van der Waals surface area contributed by atoms with E-state index in [1.54, 1.807) is 0 Å². The highest BCUT2D eigenvalue weighted by molar-refractivity contribution is 5.97. The fraction of sp³-hybridized carbons (Fsp3) is 0.611. The van der Waals surface area contributed by atoms with E-state index in [2.05, 4.69) is 6.92 Å². The van der Waals surface area contributed by atoms with Crippen LogP contribution in [0.15, 0.2) is 23.5 Å². The number of allylic oxidation sites excluding steroid dienone is 3. The highest BCUT2D eigenvalue weighted by atomic mass is 16.4. The van der Waals surface area contributed by atoms with Crippen molar-refractivity contribution in [3.8, 4) is 0 Å². The number of aliphatic hydroxyl groups is 1. The van der Waals surface area contributed by atoms with Crippen molar-refractivity contribution >= 4 is 17.5 Å². The summed E-state index contributed by atoms with van der Waals surface area (Å²) in [6.45, 7) is 2.07. The molecule has 5 nitrogen and oxygen atoms in total. The van der Waals surface area contributed by atoms with Crippen molar-refractivity contribution in [3.63, 3.8) is 0 Å². The molecule has 124 valence electrons. The molecule has 0 heterocycles. The third-order valence-corrected chi connectivity index (χ3v) is 6.21. The van der Waals surface area contributed by atoms with Gasteiger partial charge in [0, 0.05) is 18.3 Å². The molecule has 3 aliphatic rings. The number of Topliss-reactive ketones (excluding diaryl/α,β-unsaturated/α-hetero) is 2. The van der Waals surface area contributed by atoms with Crippen LogP contribution in [0.2, 0.25) is 0 Å². The second-order valence-corrected chi connectivity index (χ2v) is 7.24. The molecule has 3 saturated carbocycles. The normalized spacial score (nSPS) is 39.3. The highest BCUT2D eigenvalue weighted by Crippen LogP contribution is 2.58. The predicted molar refractivity (Wildman–Crippen MR) is 82.7 cm³/mol. The quantitative estimate of drug-likeness (QED) is 0.603. The van der Waals surface area contributed by atoms with Crippen molar-refractivity contribution in [2.75, 3.05) is 0 Å². The Bertz CT molecular complexity index is 629. The average molecular weight is 318 g/mol. The van der Waals surface area contributed by atoms with Crippen molar-refractivity contribution in [2.45, 2.75) is 45.4 Å². The standard InChI is InChI=1S/C18H22O5/c1-18-9-8-10-11(13(18)4-7-16(18)21)2-5-14(19)12(10)3-6-15(20)17(22)23/h3,6,10-11,13,20H,2,4-5,7-9H2,1H3,(H,22,23)/b12-3-,15-6-. The largest absolute Gasteiger partial charge is 0.502 e. The summed E-state index contributed by atoms with van der Waals surface area (Å²) in [5.41, 5.74) is 0.376. The van der Waals surface area contributed by atoms with Crippen molar-refractivity contribution in [1.82, 2.24) is 0 Å². The van der Waals surface area contributed by atoms with E-state index in [4.69, 9.17) is 5.11 Å². The van der Waals surface area contributed by atoms with Gasteiger partial charge >= 0.3 is 5.97 Å². The zero-order chi connectivity index (χ0) is 16.8. The highest BCUT2D eigenvalue weighted by Gasteiger charge is 2.55. The molecule has 0 aromatic rings. The molecule has 3 rings (SSSR count). The van der Waals surface area contributed by atoms with Gasteiger partial charge in [-0.3, -0.25) is 9.59 Å². The van der Waals surface area contributed by atoms with Crippen LogP contribution in [0, 0.1) is 23.2 Å². The zero-order valence-electron chi connectivity index (χ0n) is 13.2. The molecule has 5 heteroatoms. The van der Waals surface area contributed by atoms with Crippen molar-refractivity contribution in [1.29, 1.82) is 0 Å². The summed E-state index contributed by atoms with van der Waals surface area (Å²) >= 11 is 0. The van der Waals surface area contributed by atoms with Crippen LogP contribution in [0.3, 0.4) is 0 Å². The third kappa shape index (κ3) is 2.52. The molecule has 0 saturated heterocycles. The number of hydrogen-bond donors (Lipinski definition) is 2. The van der Waals surface area contributed by atoms with Crippen LogP contribution in [-0.4, -0.2) is 27.7 Å². The maximum atomic E-state index is 12.3. The molecule has 0 aliphatic heterocycles. The van der Waals surface area contributed by atoms with Crippen LogP contribution in [0.1, 0.15) is 45.4 Å². The fourth-order valence-corrected chi connectivity index (χ4v) is 4.95. The fourth-order valence-electron chi connectivity index (χ4n) is 4.95. The topological polar surface area (TPSA) is 91.7 Å². The molecule has 0 aromatic heterocycles. The molecule has 0 aromatic carbocycles. The van der Waals surface area contributed by atoms with Gasteiger partial charge in [-0.15, -0.1) is 0 Å². The summed E-state index contributed by atoms with van der Waals surface area (Å²) in [6.07, 6.45) is 6.93. The van der Waals surface area contributed by atoms with E-state index in [0.29, 0.717) is 36.0 Å². The van der Waals surface area contributed by atoms with E-state index in [0.717, 1.165) is 31.8 Å². The Hall–Kier alpha value is -1.91. The first-order valence-corrected chi connectivity index (χ1v) is 8.25. The number of carbonyl (C=O) groups is 3. The number of rotatable bonds is 2. The lowest BCUT2D eigenvalue weighted by Crippen LogP contribution is -2.45. The van der Waals surface area contributed by atoms with Gasteiger partial charge in [-0.2, -0.15) is 0 Å². The number of carboxylic acid groups (broad SMARTS) is 1. The first-order chi connectivity index (χ1) is 10.8. The minimum absolute atomic E-state index is 0.0358. The molecule has 0 spiro atoms. The lowest BCUT2D eigenvalue weighted by molar-refractivity contribution is -0.135. The summed E-state index contributed by atoms with van der Waals surface area (Å²) < 4.78 is 0. The molecule has 3 aliphatic carbocycles. The van der Waals surface area contributed by atoms with Gasteiger partial charge in [-0.1, -0.05) is 13.0 Å². The van der Waals surface area contributed by atoms with Gasteiger partial charge in [-0.25, -0.2) is 4.79 Å². The number of fused-ring (bicyclic) bond motifs is 3. The first kappa shape index (κ1) is 16.0. The van der Waals surface area contributed by atoms with E-state index in [9.17, 15) is 19.5 Å². The molecule has 0 bridgehead atoms. The average Bonchev–Trinajstić information content (AvgIpc) is 2.81. The summed E-state index contributed by atoms with van der Waals surface area (Å²) in [7, 11) is 0. The number of ketones is 2. The molecule has 2 N–H and O–H groups in total. The second-order valence-electron chi connectivity index (χ2n) is 7.24. The lowest BCUT2D eigenvalue weighted by atomic mass is 9.55. The van der Waals surface area contributed by atoms with Crippen molar-refractivity contribution < 1.29 is 24.6 Å². The summed E-state index contributed by atoms with van der Waals surface area (Å²) in [6, 6.07) is 0. The third-order valence-electron chi connectivity index (χ3n) is 6.21. The Morgan fingerprint density at radius 1 is 1.17 bits per heavy atom. The maximum Gasteiger partial charge on any atom is 0.370 e. The van der Waals surface area contributed by atoms with Gasteiger partial charge in [0.2, 0.25) is 5.76 Å². The SMILES string of the molecule is CC12CCC3/C(=C/C=C(\O)C(=O)O)C(=O)CCC3C1CCC2=O. The van der Waals surface area contributed by atoms with E-state index >= 15 is 0 Å². The van der Waals surface area contributed by atoms with Gasteiger partial charge in [0.1, 0.15) is 5.78 Å². The van der Waals surface area contributed by atoms with Gasteiger partial charge in [0.15, 0.2) is 5.78 Å². The molecule has 4 atom stereocenters. The lowest BCUT2D eigenvalue weighted by Gasteiger charge is -2.48. The van der Waals surface area contributed by atoms with E-state index in [-0.39, 0.29) is 17.1 Å². The smallest absolute Gasteiger partial charge is 0.370 e. The Balaban J connectivity index is 1.91. The van der Waals surface area contributed by atoms with E-state index < -0.39 is 11.7 Å². The van der Waals surface area contributed by atoms with Gasteiger partial charge in [0.25, 0.3) is 0 Å². The second kappa shape index (κ2) is 5.62. The summed E-state index contributed by atoms with van der Waals surface area (Å²) in [4.78, 5) is 35.2. The van der Waals surface area contributed by atoms with Gasteiger partial charge in [-0.05, 0) is 55.1 Å². The van der Waals surface area contributed by atoms with Gasteiger partial charge in [0.05, 0.1) is 0 Å².